The standard InChI is InChI=1S/C66H95N13O12/c1-9-40(7)54(60(85)69-37-52(67)80)75-62(87)55(41(8)10-2)74-59(84)49-26-18-30-77(49)65(90)47-36-68-45(34-42-21-13-11-14-22-42)63(88)76-29-17-25-48(76)57(82)70-44(33-38(3)4)56(81)71-46(35-43-23-15-12-16-24-43)64(89)79-32-20-28-51(79)66(91)78-31-19-27-50(78)58(83)73-53(39(5)6)61(86)72-47/h11-16,21-24,36,38-41,44-46,48-51,53-55,68H,9-10,17-20,25-35,37H2,1-8H3,(H2,67,80)(H,69,85)(H,70,82)(H,71,81)(H,72,86)(H,73,83)(H,74,84)(H,75,87)/t40-,41-,44-,45-,46-,48-,49-,50-,51-,53-,54-,55-/m0/s1. The molecule has 7 rings (SSSR count). The van der Waals surface area contributed by atoms with Crippen molar-refractivity contribution in [1.29, 1.82) is 0 Å². The summed E-state index contributed by atoms with van der Waals surface area (Å²) in [7, 11) is 0. The van der Waals surface area contributed by atoms with Crippen molar-refractivity contribution in [3.63, 3.8) is 0 Å². The number of nitrogens with two attached hydrogens (primary N) is 1. The van der Waals surface area contributed by atoms with Gasteiger partial charge in [0, 0.05) is 45.2 Å². The summed E-state index contributed by atoms with van der Waals surface area (Å²) in [5.74, 6) is -9.46. The van der Waals surface area contributed by atoms with Crippen molar-refractivity contribution in [3.05, 3.63) is 83.7 Å². The number of nitrogens with zero attached hydrogens (tertiary/aromatic N) is 4. The number of amides is 12. The summed E-state index contributed by atoms with van der Waals surface area (Å²) in [6.07, 6.45) is 4.89. The van der Waals surface area contributed by atoms with Crippen LogP contribution < -0.4 is 48.3 Å². The number of rotatable bonds is 19. The molecule has 10 N–H and O–H groups in total. The van der Waals surface area contributed by atoms with Crippen molar-refractivity contribution in [2.24, 2.45) is 29.4 Å². The minimum Gasteiger partial charge on any atom is -0.378 e. The maximum absolute atomic E-state index is 15.4. The lowest BCUT2D eigenvalue weighted by Gasteiger charge is -2.34. The molecule has 5 aliphatic heterocycles. The van der Waals surface area contributed by atoms with Gasteiger partial charge in [-0.3, -0.25) is 57.5 Å². The smallest absolute Gasteiger partial charge is 0.272 e. The average molecular weight is 1260 g/mol. The van der Waals surface area contributed by atoms with Gasteiger partial charge in [-0.1, -0.05) is 129 Å². The Balaban J connectivity index is 1.27. The van der Waals surface area contributed by atoms with Crippen molar-refractivity contribution in [2.75, 3.05) is 32.7 Å². The molecule has 5 heterocycles. The molecule has 0 spiro atoms. The van der Waals surface area contributed by atoms with Gasteiger partial charge in [0.1, 0.15) is 66.1 Å². The molecule has 4 saturated heterocycles. The van der Waals surface area contributed by atoms with Crippen molar-refractivity contribution >= 4 is 70.9 Å². The predicted octanol–water partition coefficient (Wildman–Crippen LogP) is 1.19. The van der Waals surface area contributed by atoms with Crippen LogP contribution >= 0.6 is 0 Å². The van der Waals surface area contributed by atoms with Crippen LogP contribution in [-0.4, -0.2) is 184 Å². The van der Waals surface area contributed by atoms with Gasteiger partial charge in [0.05, 0.1) is 6.54 Å². The van der Waals surface area contributed by atoms with Gasteiger partial charge in [0.2, 0.25) is 65.0 Å². The molecule has 0 aliphatic carbocycles. The minimum absolute atomic E-state index is 0.0147. The van der Waals surface area contributed by atoms with Crippen LogP contribution in [0.15, 0.2) is 72.6 Å². The molecule has 91 heavy (non-hydrogen) atoms. The summed E-state index contributed by atoms with van der Waals surface area (Å²) < 4.78 is 0. The molecule has 0 saturated carbocycles. The Bertz CT molecular complexity index is 3000. The van der Waals surface area contributed by atoms with Gasteiger partial charge in [-0.25, -0.2) is 0 Å². The second kappa shape index (κ2) is 32.6. The first-order chi connectivity index (χ1) is 43.4. The third-order valence-corrected chi connectivity index (χ3v) is 18.3. The highest BCUT2D eigenvalue weighted by atomic mass is 16.2. The number of likely N-dealkylation sites (tertiary alicyclic amines) is 1. The Hall–Kier alpha value is -8.38. The lowest BCUT2D eigenvalue weighted by atomic mass is 9.94. The predicted molar refractivity (Wildman–Crippen MR) is 337 cm³/mol. The maximum atomic E-state index is 15.4. The quantitative estimate of drug-likeness (QED) is 0.0956. The SMILES string of the molecule is CC[C@H](C)[C@H](NC(=O)[C@@H](NC(=O)[C@@H]1CCCN1C(=O)C1=CN[C@@H](Cc2ccccc2)C(=O)N2CCC[C@H]2C(=O)N[C@@H](CC(C)C)C(=O)N[C@@H](Cc2ccccc2)C(=O)N2CCC[C@H]2C(=O)N2CCC[C@H]2C(=O)N[C@@H](C(C)C)C(=O)N1)[C@@H](C)CC)C(=O)NCC(N)=O. The fourth-order valence-electron chi connectivity index (χ4n) is 12.8. The van der Waals surface area contributed by atoms with Crippen LogP contribution in [0.3, 0.4) is 0 Å². The van der Waals surface area contributed by atoms with E-state index < -0.39 is 161 Å². The second-order valence-corrected chi connectivity index (χ2v) is 25.8. The molecule has 12 amide bonds. The zero-order valence-corrected chi connectivity index (χ0v) is 53.9. The van der Waals surface area contributed by atoms with Crippen LogP contribution in [0.25, 0.3) is 0 Å². The van der Waals surface area contributed by atoms with E-state index >= 15 is 9.59 Å². The van der Waals surface area contributed by atoms with Crippen molar-refractivity contribution in [3.8, 4) is 0 Å². The number of fused-ring (bicyclic) bond motifs is 3. The van der Waals surface area contributed by atoms with Crippen molar-refractivity contribution in [1.82, 2.24) is 62.1 Å². The Kier molecular flexibility index (Phi) is 25.1. The molecule has 4 fully saturated rings. The number of carbonyl (C=O) groups excluding carboxylic acids is 12. The molecular weight excluding hydrogens is 1170 g/mol. The van der Waals surface area contributed by atoms with E-state index in [-0.39, 0.29) is 77.0 Å². The van der Waals surface area contributed by atoms with E-state index in [0.29, 0.717) is 44.1 Å². The summed E-state index contributed by atoms with van der Waals surface area (Å²) in [5, 5.41) is 22.7. The lowest BCUT2D eigenvalue weighted by Crippen LogP contribution is -2.60. The van der Waals surface area contributed by atoms with Crippen LogP contribution in [0.2, 0.25) is 0 Å². The van der Waals surface area contributed by atoms with Gasteiger partial charge < -0.3 is 67.9 Å². The molecule has 25 nitrogen and oxygen atoms in total. The first-order valence-electron chi connectivity index (χ1n) is 32.6. The number of primary amides is 1. The fraction of sp³-hybridized carbons (Fsp3) is 0.606. The minimum atomic E-state index is -1.33. The van der Waals surface area contributed by atoms with E-state index in [1.807, 2.05) is 64.1 Å². The molecule has 25 heteroatoms. The van der Waals surface area contributed by atoms with Gasteiger partial charge in [0.25, 0.3) is 5.91 Å². The Labute approximate surface area is 533 Å². The first-order valence-corrected chi connectivity index (χ1v) is 32.6. The fourth-order valence-corrected chi connectivity index (χ4v) is 12.8. The van der Waals surface area contributed by atoms with E-state index in [9.17, 15) is 47.9 Å². The molecule has 0 radical (unpaired) electrons. The zero-order valence-electron chi connectivity index (χ0n) is 53.9. The third kappa shape index (κ3) is 18.0. The Morgan fingerprint density at radius 3 is 1.60 bits per heavy atom. The summed E-state index contributed by atoms with van der Waals surface area (Å²) in [4.78, 5) is 179. The van der Waals surface area contributed by atoms with E-state index in [1.165, 1.54) is 25.8 Å². The second-order valence-electron chi connectivity index (χ2n) is 25.8. The summed E-state index contributed by atoms with van der Waals surface area (Å²) in [5.41, 5.74) is 6.31. The van der Waals surface area contributed by atoms with Crippen LogP contribution in [0, 0.1) is 23.7 Å². The molecular formula is C66H95N13O12. The van der Waals surface area contributed by atoms with E-state index in [2.05, 4.69) is 42.5 Å². The van der Waals surface area contributed by atoms with Crippen LogP contribution in [0.1, 0.15) is 137 Å². The van der Waals surface area contributed by atoms with Crippen LogP contribution in [-0.2, 0) is 70.4 Å². The molecule has 0 unspecified atom stereocenters. The highest BCUT2D eigenvalue weighted by Crippen LogP contribution is 2.28. The van der Waals surface area contributed by atoms with Crippen molar-refractivity contribution < 1.29 is 57.5 Å². The van der Waals surface area contributed by atoms with Gasteiger partial charge in [0.15, 0.2) is 0 Å². The van der Waals surface area contributed by atoms with E-state index in [4.69, 9.17) is 5.73 Å². The highest BCUT2D eigenvalue weighted by Gasteiger charge is 2.47. The number of benzene rings is 2. The topological polar surface area (TPSA) is 340 Å². The molecule has 12 atom stereocenters. The summed E-state index contributed by atoms with van der Waals surface area (Å²) in [6.45, 7) is 14.4. The normalized spacial score (nSPS) is 25.3. The van der Waals surface area contributed by atoms with E-state index in [0.717, 1.165) is 5.56 Å². The number of hydrogen-bond acceptors (Lipinski definition) is 13. The first kappa shape index (κ1) is 70.1. The molecule has 2 aromatic carbocycles. The Morgan fingerprint density at radius 1 is 0.560 bits per heavy atom. The van der Waals surface area contributed by atoms with E-state index in [1.54, 1.807) is 52.0 Å². The highest BCUT2D eigenvalue weighted by molar-refractivity contribution is 6.03. The van der Waals surface area contributed by atoms with Gasteiger partial charge >= 0.3 is 0 Å². The van der Waals surface area contributed by atoms with Gasteiger partial charge in [-0.2, -0.15) is 0 Å². The molecule has 2 aromatic rings. The summed E-state index contributed by atoms with van der Waals surface area (Å²) in [6, 6.07) is 6.71. The number of carbonyl (C=O) groups is 12. The van der Waals surface area contributed by atoms with Gasteiger partial charge in [-0.05, 0) is 92.6 Å². The third-order valence-electron chi connectivity index (χ3n) is 18.3. The molecule has 0 aromatic heterocycles. The maximum Gasteiger partial charge on any atom is 0.272 e. The largest absolute Gasteiger partial charge is 0.378 e. The molecule has 5 aliphatic rings. The molecule has 0 bridgehead atoms. The van der Waals surface area contributed by atoms with Gasteiger partial charge in [-0.15, -0.1) is 0 Å². The number of hydrogen-bond donors (Lipinski definition) is 9. The Morgan fingerprint density at radius 2 is 1.05 bits per heavy atom. The van der Waals surface area contributed by atoms with Crippen molar-refractivity contribution in [2.45, 2.75) is 199 Å². The lowest BCUT2D eigenvalue weighted by molar-refractivity contribution is -0.148. The zero-order chi connectivity index (χ0) is 66.2. The summed E-state index contributed by atoms with van der Waals surface area (Å²) >= 11 is 0. The van der Waals surface area contributed by atoms with Crippen LogP contribution in [0.5, 0.6) is 0 Å². The average Bonchev–Trinajstić information content (AvgIpc) is 1.84. The molecule has 496 valence electrons. The monoisotopic (exact) mass is 1260 g/mol. The van der Waals surface area contributed by atoms with Crippen LogP contribution in [0.4, 0.5) is 0 Å². The number of nitrogens with one attached hydrogen (secondary N) is 8.